The molecule has 1 saturated carbocycles. The van der Waals surface area contributed by atoms with E-state index in [9.17, 15) is 21.6 Å². The molecule has 1 aromatic heterocycles. The molecular weight excluding hydrogens is 403 g/mol. The monoisotopic (exact) mass is 421 g/mol. The van der Waals surface area contributed by atoms with Gasteiger partial charge in [0.1, 0.15) is 0 Å². The molecule has 0 unspecified atom stereocenters. The van der Waals surface area contributed by atoms with Crippen LogP contribution in [0.2, 0.25) is 0 Å². The summed E-state index contributed by atoms with van der Waals surface area (Å²) in [6, 6.07) is 12.7. The van der Waals surface area contributed by atoms with E-state index in [1.807, 2.05) is 18.2 Å². The molecule has 2 N–H and O–H groups in total. The minimum Gasteiger partial charge on any atom is -0.308 e. The summed E-state index contributed by atoms with van der Waals surface area (Å²) in [6.07, 6.45) is -2.24. The molecule has 3 aromatic rings. The van der Waals surface area contributed by atoms with E-state index in [1.54, 1.807) is 12.1 Å². The van der Waals surface area contributed by atoms with E-state index in [2.05, 4.69) is 15.0 Å². The number of rotatable bonds is 6. The first kappa shape index (κ1) is 19.7. The quantitative estimate of drug-likeness (QED) is 0.622. The zero-order valence-corrected chi connectivity index (χ0v) is 16.0. The fourth-order valence-electron chi connectivity index (χ4n) is 2.93. The Balaban J connectivity index is 1.62. The number of anilines is 1. The van der Waals surface area contributed by atoms with Crippen molar-refractivity contribution >= 4 is 26.6 Å². The van der Waals surface area contributed by atoms with Gasteiger partial charge in [-0.05, 0) is 49.2 Å². The van der Waals surface area contributed by atoms with Crippen molar-refractivity contribution in [3.63, 3.8) is 0 Å². The second-order valence-corrected chi connectivity index (χ2v) is 8.65. The van der Waals surface area contributed by atoms with Crippen molar-refractivity contribution in [3.8, 4) is 0 Å². The summed E-state index contributed by atoms with van der Waals surface area (Å²) in [5, 5.41) is 4.11. The zero-order chi connectivity index (χ0) is 20.6. The molecule has 1 fully saturated rings. The number of para-hydroxylation sites is 1. The molecule has 2 aromatic carbocycles. The summed E-state index contributed by atoms with van der Waals surface area (Å²) < 4.78 is 66.0. The molecular formula is C20H18F3N3O2S. The van der Waals surface area contributed by atoms with Gasteiger partial charge in [0.25, 0.3) is 10.0 Å². The Morgan fingerprint density at radius 2 is 1.72 bits per heavy atom. The van der Waals surface area contributed by atoms with E-state index in [0.29, 0.717) is 18.1 Å². The molecule has 29 heavy (non-hydrogen) atoms. The lowest BCUT2D eigenvalue weighted by atomic mass is 10.2. The van der Waals surface area contributed by atoms with E-state index in [4.69, 9.17) is 0 Å². The first-order valence-corrected chi connectivity index (χ1v) is 10.5. The number of benzene rings is 2. The highest BCUT2D eigenvalue weighted by Gasteiger charge is 2.30. The maximum Gasteiger partial charge on any atom is 0.416 e. The lowest BCUT2D eigenvalue weighted by molar-refractivity contribution is -0.137. The third kappa shape index (κ3) is 4.51. The van der Waals surface area contributed by atoms with Crippen molar-refractivity contribution in [1.82, 2.24) is 10.3 Å². The van der Waals surface area contributed by atoms with Gasteiger partial charge in [0.15, 0.2) is 0 Å². The predicted octanol–water partition coefficient (Wildman–Crippen LogP) is 4.31. The number of pyridine rings is 1. The van der Waals surface area contributed by atoms with Gasteiger partial charge in [-0.3, -0.25) is 4.72 Å². The van der Waals surface area contributed by atoms with Crippen molar-refractivity contribution in [2.45, 2.75) is 36.5 Å². The Bertz CT molecular complexity index is 1140. The summed E-state index contributed by atoms with van der Waals surface area (Å²) >= 11 is 0. The average molecular weight is 421 g/mol. The molecule has 0 saturated heterocycles. The van der Waals surface area contributed by atoms with Gasteiger partial charge >= 0.3 is 6.18 Å². The summed E-state index contributed by atoms with van der Waals surface area (Å²) in [6.45, 7) is 0.584. The molecule has 152 valence electrons. The van der Waals surface area contributed by atoms with Crippen LogP contribution in [0.25, 0.3) is 10.9 Å². The third-order valence-corrected chi connectivity index (χ3v) is 6.04. The predicted molar refractivity (Wildman–Crippen MR) is 104 cm³/mol. The number of alkyl halides is 3. The van der Waals surface area contributed by atoms with E-state index >= 15 is 0 Å². The number of nitrogens with zero attached hydrogens (tertiary/aromatic N) is 1. The maximum atomic E-state index is 12.7. The van der Waals surface area contributed by atoms with Crippen molar-refractivity contribution in [1.29, 1.82) is 0 Å². The van der Waals surface area contributed by atoms with E-state index in [-0.39, 0.29) is 10.6 Å². The van der Waals surface area contributed by atoms with E-state index in [1.165, 1.54) is 0 Å². The Morgan fingerprint density at radius 3 is 2.38 bits per heavy atom. The molecule has 0 spiro atoms. The van der Waals surface area contributed by atoms with Crippen LogP contribution in [0.1, 0.15) is 24.1 Å². The SMILES string of the molecule is O=S(=O)(Nc1cccc2ccc(CNC3CC3)nc12)c1ccc(C(F)(F)F)cc1. The van der Waals surface area contributed by atoms with Crippen molar-refractivity contribution in [3.05, 3.63) is 65.9 Å². The number of hydrogen-bond acceptors (Lipinski definition) is 4. The molecule has 4 rings (SSSR count). The molecule has 9 heteroatoms. The van der Waals surface area contributed by atoms with Gasteiger partial charge in [0.05, 0.1) is 27.4 Å². The van der Waals surface area contributed by atoms with Crippen LogP contribution < -0.4 is 10.0 Å². The number of fused-ring (bicyclic) bond motifs is 1. The number of halogens is 3. The normalized spacial score (nSPS) is 14.9. The molecule has 0 amide bonds. The Labute approximate surface area is 166 Å². The Kier molecular flexibility index (Phi) is 4.95. The van der Waals surface area contributed by atoms with Gasteiger partial charge < -0.3 is 5.32 Å². The summed E-state index contributed by atoms with van der Waals surface area (Å²) in [5.41, 5.74) is 0.635. The highest BCUT2D eigenvalue weighted by atomic mass is 32.2. The smallest absolute Gasteiger partial charge is 0.308 e. The summed E-state index contributed by atoms with van der Waals surface area (Å²) in [7, 11) is -4.07. The fraction of sp³-hybridized carbons (Fsp3) is 0.250. The number of aromatic nitrogens is 1. The number of nitrogens with one attached hydrogen (secondary N) is 2. The van der Waals surface area contributed by atoms with E-state index in [0.717, 1.165) is 48.2 Å². The van der Waals surface area contributed by atoms with Gasteiger partial charge in [0, 0.05) is 18.0 Å². The minimum absolute atomic E-state index is 0.256. The van der Waals surface area contributed by atoms with Crippen LogP contribution in [0.3, 0.4) is 0 Å². The Hall–Kier alpha value is -2.65. The van der Waals surface area contributed by atoms with Gasteiger partial charge in [-0.25, -0.2) is 13.4 Å². The molecule has 1 heterocycles. The standard InChI is InChI=1S/C20H18F3N3O2S/c21-20(22,23)14-5-10-17(11-6-14)29(27,28)26-18-3-1-2-13-4-7-16(25-19(13)18)12-24-15-8-9-15/h1-7,10-11,15,24,26H,8-9,12H2. The van der Waals surface area contributed by atoms with Crippen LogP contribution in [0, 0.1) is 0 Å². The molecule has 0 atom stereocenters. The molecule has 5 nitrogen and oxygen atoms in total. The van der Waals surface area contributed by atoms with Gasteiger partial charge in [0.2, 0.25) is 0 Å². The first-order chi connectivity index (χ1) is 13.7. The lowest BCUT2D eigenvalue weighted by Crippen LogP contribution is -2.16. The van der Waals surface area contributed by atoms with Crippen LogP contribution in [-0.2, 0) is 22.7 Å². The van der Waals surface area contributed by atoms with Crippen molar-refractivity contribution in [2.24, 2.45) is 0 Å². The van der Waals surface area contributed by atoms with Crippen molar-refractivity contribution < 1.29 is 21.6 Å². The van der Waals surface area contributed by atoms with Gasteiger partial charge in [-0.15, -0.1) is 0 Å². The van der Waals surface area contributed by atoms with Gasteiger partial charge in [-0.2, -0.15) is 13.2 Å². The Morgan fingerprint density at radius 1 is 1.00 bits per heavy atom. The van der Waals surface area contributed by atoms with Crippen LogP contribution in [0.4, 0.5) is 18.9 Å². The third-order valence-electron chi connectivity index (χ3n) is 4.66. The number of hydrogen-bond donors (Lipinski definition) is 2. The second kappa shape index (κ2) is 7.31. The van der Waals surface area contributed by atoms with Crippen LogP contribution in [0.5, 0.6) is 0 Å². The highest BCUT2D eigenvalue weighted by Crippen LogP contribution is 2.30. The summed E-state index contributed by atoms with van der Waals surface area (Å²) in [5.74, 6) is 0. The van der Waals surface area contributed by atoms with Crippen LogP contribution >= 0.6 is 0 Å². The van der Waals surface area contributed by atoms with Gasteiger partial charge in [-0.1, -0.05) is 18.2 Å². The zero-order valence-electron chi connectivity index (χ0n) is 15.2. The summed E-state index contributed by atoms with van der Waals surface area (Å²) in [4.78, 5) is 4.31. The molecule has 0 aliphatic heterocycles. The van der Waals surface area contributed by atoms with Crippen LogP contribution in [-0.4, -0.2) is 19.4 Å². The molecule has 1 aliphatic carbocycles. The highest BCUT2D eigenvalue weighted by molar-refractivity contribution is 7.92. The fourth-order valence-corrected chi connectivity index (χ4v) is 4.00. The largest absolute Gasteiger partial charge is 0.416 e. The number of sulfonamides is 1. The molecule has 0 radical (unpaired) electrons. The maximum absolute atomic E-state index is 12.7. The lowest BCUT2D eigenvalue weighted by Gasteiger charge is -2.12. The van der Waals surface area contributed by atoms with E-state index < -0.39 is 21.8 Å². The average Bonchev–Trinajstić information content (AvgIpc) is 3.50. The minimum atomic E-state index is -4.53. The molecule has 1 aliphatic rings. The van der Waals surface area contributed by atoms with Crippen molar-refractivity contribution in [2.75, 3.05) is 4.72 Å². The molecule has 0 bridgehead atoms. The van der Waals surface area contributed by atoms with Crippen LogP contribution in [0.15, 0.2) is 59.5 Å². The topological polar surface area (TPSA) is 71.1 Å². The second-order valence-electron chi connectivity index (χ2n) is 6.96. The first-order valence-electron chi connectivity index (χ1n) is 9.04.